The first-order valence-electron chi connectivity index (χ1n) is 8.60. The minimum atomic E-state index is -4.92. The smallest absolute Gasteiger partial charge is 0.494 e. The Morgan fingerprint density at radius 3 is 2.66 bits per heavy atom. The zero-order chi connectivity index (χ0) is 21.0. The average Bonchev–Trinajstić information content (AvgIpc) is 2.92. The molecule has 7 nitrogen and oxygen atoms in total. The molecule has 11 heteroatoms. The SMILES string of the molecule is Cc1ccc2c(O)n3c(c2n1)CN(S(=O)(=O)c1cccc(OC(F)(F)F)c1)CC3. The second-order valence-electron chi connectivity index (χ2n) is 6.63. The predicted molar refractivity (Wildman–Crippen MR) is 96.9 cm³/mol. The number of hydrogen-bond acceptors (Lipinski definition) is 5. The lowest BCUT2D eigenvalue weighted by atomic mass is 10.2. The number of sulfonamides is 1. The highest BCUT2D eigenvalue weighted by molar-refractivity contribution is 7.89. The lowest BCUT2D eigenvalue weighted by molar-refractivity contribution is -0.274. The van der Waals surface area contributed by atoms with Crippen molar-refractivity contribution in [1.82, 2.24) is 13.9 Å². The lowest BCUT2D eigenvalue weighted by Gasteiger charge is -2.28. The largest absolute Gasteiger partial charge is 0.573 e. The third-order valence-corrected chi connectivity index (χ3v) is 6.55. The molecular weight excluding hydrogens is 411 g/mol. The number of halogens is 3. The number of alkyl halides is 3. The summed E-state index contributed by atoms with van der Waals surface area (Å²) < 4.78 is 70.0. The number of ether oxygens (including phenoxy) is 1. The molecule has 0 aliphatic carbocycles. The second-order valence-corrected chi connectivity index (χ2v) is 8.57. The summed E-state index contributed by atoms with van der Waals surface area (Å²) in [6.45, 7) is 1.95. The molecule has 0 amide bonds. The topological polar surface area (TPSA) is 84.7 Å². The second kappa shape index (κ2) is 6.63. The van der Waals surface area contributed by atoms with Crippen LogP contribution in [0.3, 0.4) is 0 Å². The highest BCUT2D eigenvalue weighted by atomic mass is 32.2. The minimum absolute atomic E-state index is 0.0140. The third-order valence-electron chi connectivity index (χ3n) is 4.71. The van der Waals surface area contributed by atoms with Crippen LogP contribution in [0.1, 0.15) is 11.4 Å². The van der Waals surface area contributed by atoms with Gasteiger partial charge in [0.05, 0.1) is 28.0 Å². The maximum absolute atomic E-state index is 13.0. The Morgan fingerprint density at radius 1 is 1.17 bits per heavy atom. The van der Waals surface area contributed by atoms with Gasteiger partial charge in [0.2, 0.25) is 15.9 Å². The molecule has 0 saturated carbocycles. The first-order valence-corrected chi connectivity index (χ1v) is 10.0. The van der Waals surface area contributed by atoms with Crippen LogP contribution in [0.25, 0.3) is 10.9 Å². The van der Waals surface area contributed by atoms with Gasteiger partial charge in [-0.25, -0.2) is 8.42 Å². The summed E-state index contributed by atoms with van der Waals surface area (Å²) in [6, 6.07) is 7.74. The normalized spacial score (nSPS) is 15.4. The molecule has 0 spiro atoms. The molecule has 0 atom stereocenters. The molecule has 0 unspecified atom stereocenters. The maximum Gasteiger partial charge on any atom is 0.573 e. The van der Waals surface area contributed by atoms with Crippen LogP contribution in [0.5, 0.6) is 11.6 Å². The van der Waals surface area contributed by atoms with Gasteiger partial charge in [0, 0.05) is 24.8 Å². The van der Waals surface area contributed by atoms with Gasteiger partial charge in [-0.1, -0.05) is 6.07 Å². The van der Waals surface area contributed by atoms with Gasteiger partial charge in [-0.15, -0.1) is 13.2 Å². The minimum Gasteiger partial charge on any atom is -0.494 e. The predicted octanol–water partition coefficient (Wildman–Crippen LogP) is 3.15. The molecule has 0 bridgehead atoms. The van der Waals surface area contributed by atoms with E-state index in [4.69, 9.17) is 0 Å². The van der Waals surface area contributed by atoms with E-state index >= 15 is 0 Å². The summed E-state index contributed by atoms with van der Waals surface area (Å²) in [5.41, 5.74) is 1.73. The molecule has 0 saturated heterocycles. The van der Waals surface area contributed by atoms with Crippen molar-refractivity contribution in [1.29, 1.82) is 0 Å². The van der Waals surface area contributed by atoms with Crippen molar-refractivity contribution in [2.75, 3.05) is 6.54 Å². The Labute approximate surface area is 164 Å². The molecule has 0 radical (unpaired) electrons. The summed E-state index contributed by atoms with van der Waals surface area (Å²) in [6.07, 6.45) is -4.92. The van der Waals surface area contributed by atoms with Crippen molar-refractivity contribution >= 4 is 20.9 Å². The van der Waals surface area contributed by atoms with E-state index in [9.17, 15) is 26.7 Å². The molecule has 1 aliphatic rings. The fraction of sp³-hybridized carbons (Fsp3) is 0.278. The van der Waals surface area contributed by atoms with Gasteiger partial charge >= 0.3 is 6.36 Å². The van der Waals surface area contributed by atoms with E-state index < -0.39 is 22.1 Å². The number of pyridine rings is 1. The standard InChI is InChI=1S/C18H16F3N3O4S/c1-11-5-6-14-16(22-11)15-10-23(7-8-24(15)17(14)25)29(26,27)13-4-2-3-12(9-13)28-18(19,20)21/h2-6,9,25H,7-8,10H2,1H3. The van der Waals surface area contributed by atoms with Gasteiger partial charge in [0.15, 0.2) is 0 Å². The van der Waals surface area contributed by atoms with Gasteiger partial charge < -0.3 is 14.4 Å². The molecule has 1 N–H and O–H groups in total. The number of aromatic nitrogens is 2. The molecule has 0 fully saturated rings. The monoisotopic (exact) mass is 427 g/mol. The van der Waals surface area contributed by atoms with Crippen molar-refractivity contribution in [3.63, 3.8) is 0 Å². The summed E-state index contributed by atoms with van der Waals surface area (Å²) >= 11 is 0. The molecule has 3 aromatic rings. The summed E-state index contributed by atoms with van der Waals surface area (Å²) in [7, 11) is -4.09. The van der Waals surface area contributed by atoms with Crippen LogP contribution in [0, 0.1) is 6.92 Å². The molecule has 2 aromatic heterocycles. The summed E-state index contributed by atoms with van der Waals surface area (Å²) in [5.74, 6) is -0.598. The Hall–Kier alpha value is -2.79. The zero-order valence-corrected chi connectivity index (χ0v) is 16.0. The van der Waals surface area contributed by atoms with E-state index in [0.717, 1.165) is 16.4 Å². The number of benzene rings is 1. The van der Waals surface area contributed by atoms with E-state index in [1.54, 1.807) is 23.6 Å². The number of nitrogens with zero attached hydrogens (tertiary/aromatic N) is 3. The molecule has 29 heavy (non-hydrogen) atoms. The number of aromatic hydroxyl groups is 1. The maximum atomic E-state index is 13.0. The van der Waals surface area contributed by atoms with Crippen molar-refractivity contribution in [3.05, 3.63) is 47.8 Å². The number of aryl methyl sites for hydroxylation is 1. The van der Waals surface area contributed by atoms with Gasteiger partial charge in [-0.3, -0.25) is 4.98 Å². The van der Waals surface area contributed by atoms with Crippen LogP contribution in [-0.2, 0) is 23.1 Å². The average molecular weight is 427 g/mol. The van der Waals surface area contributed by atoms with Crippen LogP contribution >= 0.6 is 0 Å². The molecule has 1 aliphatic heterocycles. The van der Waals surface area contributed by atoms with Crippen molar-refractivity contribution < 1.29 is 31.4 Å². The first-order chi connectivity index (χ1) is 13.6. The molecule has 154 valence electrons. The van der Waals surface area contributed by atoms with Gasteiger partial charge in [-0.2, -0.15) is 4.31 Å². The molecular formula is C18H16F3N3O4S. The fourth-order valence-electron chi connectivity index (χ4n) is 3.40. The Bertz CT molecular complexity index is 1210. The first kappa shape index (κ1) is 19.5. The van der Waals surface area contributed by atoms with E-state index in [1.165, 1.54) is 12.1 Å². The van der Waals surface area contributed by atoms with Gasteiger partial charge in [0.1, 0.15) is 5.75 Å². The number of fused-ring (bicyclic) bond motifs is 3. The van der Waals surface area contributed by atoms with Crippen LogP contribution < -0.4 is 4.74 Å². The van der Waals surface area contributed by atoms with Crippen LogP contribution in [0.15, 0.2) is 41.3 Å². The van der Waals surface area contributed by atoms with Crippen molar-refractivity contribution in [2.24, 2.45) is 0 Å². The fourth-order valence-corrected chi connectivity index (χ4v) is 4.83. The van der Waals surface area contributed by atoms with E-state index in [1.807, 2.05) is 0 Å². The van der Waals surface area contributed by atoms with Crippen LogP contribution in [-0.4, -0.2) is 40.3 Å². The zero-order valence-electron chi connectivity index (χ0n) is 15.1. The number of hydrogen-bond donors (Lipinski definition) is 1. The molecule has 1 aromatic carbocycles. The van der Waals surface area contributed by atoms with Crippen LogP contribution in [0.4, 0.5) is 13.2 Å². The Kier molecular flexibility index (Phi) is 4.46. The Balaban J connectivity index is 1.70. The third kappa shape index (κ3) is 3.51. The van der Waals surface area contributed by atoms with E-state index in [2.05, 4.69) is 9.72 Å². The highest BCUT2D eigenvalue weighted by Crippen LogP contribution is 2.35. The van der Waals surface area contributed by atoms with Gasteiger partial charge in [0.25, 0.3) is 0 Å². The quantitative estimate of drug-likeness (QED) is 0.694. The number of rotatable bonds is 3. The van der Waals surface area contributed by atoms with Crippen LogP contribution in [0.2, 0.25) is 0 Å². The summed E-state index contributed by atoms with van der Waals surface area (Å²) in [5, 5.41) is 10.9. The molecule has 3 heterocycles. The van der Waals surface area contributed by atoms with E-state index in [0.29, 0.717) is 22.3 Å². The molecule has 4 rings (SSSR count). The van der Waals surface area contributed by atoms with Crippen molar-refractivity contribution in [3.8, 4) is 11.6 Å². The Morgan fingerprint density at radius 2 is 1.93 bits per heavy atom. The van der Waals surface area contributed by atoms with Crippen molar-refractivity contribution in [2.45, 2.75) is 31.3 Å². The lowest BCUT2D eigenvalue weighted by Crippen LogP contribution is -2.38. The highest BCUT2D eigenvalue weighted by Gasteiger charge is 2.34. The van der Waals surface area contributed by atoms with E-state index in [-0.39, 0.29) is 30.4 Å². The van der Waals surface area contributed by atoms with Gasteiger partial charge in [-0.05, 0) is 31.2 Å². The summed E-state index contributed by atoms with van der Waals surface area (Å²) in [4.78, 5) is 4.10.